The van der Waals surface area contributed by atoms with E-state index < -0.39 is 0 Å². The molecule has 0 heterocycles. The molecule has 2 aliphatic carbocycles. The molecule has 0 spiro atoms. The van der Waals surface area contributed by atoms with E-state index in [9.17, 15) is 4.79 Å². The molecule has 1 amide bonds. The zero-order valence-electron chi connectivity index (χ0n) is 8.63. The van der Waals surface area contributed by atoms with Crippen molar-refractivity contribution in [2.75, 3.05) is 5.88 Å². The Morgan fingerprint density at radius 1 is 1.50 bits per heavy atom. The van der Waals surface area contributed by atoms with Gasteiger partial charge in [0.15, 0.2) is 0 Å². The molecule has 0 saturated heterocycles. The summed E-state index contributed by atoms with van der Waals surface area (Å²) < 4.78 is 0. The number of halogens is 1. The maximum absolute atomic E-state index is 11.1. The molecule has 0 aromatic rings. The Kier molecular flexibility index (Phi) is 3.01. The summed E-state index contributed by atoms with van der Waals surface area (Å²) in [6, 6.07) is 0.316. The Hall–Kier alpha value is -0.240. The first-order valence-corrected chi connectivity index (χ1v) is 6.09. The van der Waals surface area contributed by atoms with E-state index in [-0.39, 0.29) is 11.8 Å². The molecule has 0 radical (unpaired) electrons. The van der Waals surface area contributed by atoms with Gasteiger partial charge >= 0.3 is 0 Å². The first-order valence-electron chi connectivity index (χ1n) is 5.56. The number of rotatable bonds is 3. The van der Waals surface area contributed by atoms with Gasteiger partial charge in [-0.3, -0.25) is 4.79 Å². The van der Waals surface area contributed by atoms with Gasteiger partial charge in [0.1, 0.15) is 5.88 Å². The van der Waals surface area contributed by atoms with Crippen molar-refractivity contribution in [3.05, 3.63) is 0 Å². The SMILES string of the molecule is C[C@H](NC(=O)CCl)[C@@H]1C[C@H]2CC[C@H]1C2. The Morgan fingerprint density at radius 3 is 2.79 bits per heavy atom. The van der Waals surface area contributed by atoms with Crippen molar-refractivity contribution < 1.29 is 4.79 Å². The Labute approximate surface area is 90.4 Å². The van der Waals surface area contributed by atoms with Gasteiger partial charge in [0.25, 0.3) is 0 Å². The van der Waals surface area contributed by atoms with Gasteiger partial charge in [0.2, 0.25) is 5.91 Å². The minimum Gasteiger partial charge on any atom is -0.352 e. The van der Waals surface area contributed by atoms with E-state index in [1.807, 2.05) is 0 Å². The molecule has 0 aromatic heterocycles. The molecular formula is C11H18ClNO. The maximum Gasteiger partial charge on any atom is 0.235 e. The zero-order chi connectivity index (χ0) is 10.1. The number of amides is 1. The van der Waals surface area contributed by atoms with Crippen LogP contribution in [0.3, 0.4) is 0 Å². The summed E-state index contributed by atoms with van der Waals surface area (Å²) in [7, 11) is 0. The number of nitrogens with one attached hydrogen (secondary N) is 1. The maximum atomic E-state index is 11.1. The highest BCUT2D eigenvalue weighted by Gasteiger charge is 2.41. The van der Waals surface area contributed by atoms with Gasteiger partial charge in [-0.2, -0.15) is 0 Å². The van der Waals surface area contributed by atoms with E-state index in [2.05, 4.69) is 12.2 Å². The second-order valence-electron chi connectivity index (χ2n) is 4.83. The van der Waals surface area contributed by atoms with Crippen molar-refractivity contribution in [3.63, 3.8) is 0 Å². The van der Waals surface area contributed by atoms with Crippen LogP contribution in [0.15, 0.2) is 0 Å². The Bertz CT molecular complexity index is 231. The molecule has 2 fully saturated rings. The smallest absolute Gasteiger partial charge is 0.235 e. The average Bonchev–Trinajstić information content (AvgIpc) is 2.78. The number of hydrogen-bond acceptors (Lipinski definition) is 1. The van der Waals surface area contributed by atoms with Gasteiger partial charge in [-0.25, -0.2) is 0 Å². The second kappa shape index (κ2) is 4.09. The van der Waals surface area contributed by atoms with Crippen molar-refractivity contribution in [2.24, 2.45) is 17.8 Å². The van der Waals surface area contributed by atoms with Gasteiger partial charge in [-0.15, -0.1) is 11.6 Å². The van der Waals surface area contributed by atoms with Crippen LogP contribution in [0.5, 0.6) is 0 Å². The van der Waals surface area contributed by atoms with Crippen LogP contribution in [0, 0.1) is 17.8 Å². The molecule has 14 heavy (non-hydrogen) atoms. The second-order valence-corrected chi connectivity index (χ2v) is 5.10. The summed E-state index contributed by atoms with van der Waals surface area (Å²) in [4.78, 5) is 11.1. The van der Waals surface area contributed by atoms with E-state index in [1.165, 1.54) is 25.7 Å². The Morgan fingerprint density at radius 2 is 2.29 bits per heavy atom. The molecule has 2 saturated carbocycles. The lowest BCUT2D eigenvalue weighted by Gasteiger charge is -2.28. The summed E-state index contributed by atoms with van der Waals surface area (Å²) in [5.41, 5.74) is 0. The summed E-state index contributed by atoms with van der Waals surface area (Å²) in [6.45, 7) is 2.12. The van der Waals surface area contributed by atoms with Crippen LogP contribution in [0.1, 0.15) is 32.6 Å². The highest BCUT2D eigenvalue weighted by atomic mass is 35.5. The molecule has 2 rings (SSSR count). The fourth-order valence-electron chi connectivity index (χ4n) is 3.31. The standard InChI is InChI=1S/C11H18ClNO/c1-7(13-11(14)6-12)10-5-8-2-3-9(10)4-8/h7-10H,2-6H2,1H3,(H,13,14)/t7-,8-,9-,10-/m0/s1. The highest BCUT2D eigenvalue weighted by molar-refractivity contribution is 6.27. The first kappa shape index (κ1) is 10.3. The third-order valence-corrected chi connectivity index (χ3v) is 4.19. The van der Waals surface area contributed by atoms with Crippen molar-refractivity contribution >= 4 is 17.5 Å². The van der Waals surface area contributed by atoms with Crippen molar-refractivity contribution in [3.8, 4) is 0 Å². The molecule has 2 nitrogen and oxygen atoms in total. The largest absolute Gasteiger partial charge is 0.352 e. The summed E-state index contributed by atoms with van der Waals surface area (Å²) >= 11 is 5.47. The van der Waals surface area contributed by atoms with Crippen LogP contribution in [0.2, 0.25) is 0 Å². The van der Waals surface area contributed by atoms with Crippen molar-refractivity contribution in [1.29, 1.82) is 0 Å². The number of alkyl halides is 1. The van der Waals surface area contributed by atoms with Gasteiger partial charge in [0.05, 0.1) is 0 Å². The van der Waals surface area contributed by atoms with E-state index in [1.54, 1.807) is 0 Å². The van der Waals surface area contributed by atoms with E-state index >= 15 is 0 Å². The molecule has 0 unspecified atom stereocenters. The van der Waals surface area contributed by atoms with E-state index in [0.29, 0.717) is 12.0 Å². The van der Waals surface area contributed by atoms with Gasteiger partial charge in [-0.05, 0) is 43.9 Å². The topological polar surface area (TPSA) is 29.1 Å². The van der Waals surface area contributed by atoms with Crippen molar-refractivity contribution in [1.82, 2.24) is 5.32 Å². The van der Waals surface area contributed by atoms with Crippen LogP contribution in [0.4, 0.5) is 0 Å². The number of carbonyl (C=O) groups is 1. The molecule has 3 heteroatoms. The molecule has 4 atom stereocenters. The highest BCUT2D eigenvalue weighted by Crippen LogP contribution is 2.49. The number of hydrogen-bond donors (Lipinski definition) is 1. The summed E-state index contributed by atoms with van der Waals surface area (Å²) in [5, 5.41) is 2.99. The van der Waals surface area contributed by atoms with Crippen LogP contribution in [-0.2, 0) is 4.79 Å². The minimum absolute atomic E-state index is 0.0260. The quantitative estimate of drug-likeness (QED) is 0.719. The van der Waals surface area contributed by atoms with Crippen LogP contribution in [-0.4, -0.2) is 17.8 Å². The molecule has 0 aromatic carbocycles. The van der Waals surface area contributed by atoms with Crippen LogP contribution >= 0.6 is 11.6 Å². The van der Waals surface area contributed by atoms with Crippen LogP contribution in [0.25, 0.3) is 0 Å². The lowest BCUT2D eigenvalue weighted by atomic mass is 9.84. The minimum atomic E-state index is -0.0260. The predicted molar refractivity (Wildman–Crippen MR) is 57.3 cm³/mol. The molecule has 80 valence electrons. The molecule has 1 N–H and O–H groups in total. The number of fused-ring (bicyclic) bond motifs is 2. The van der Waals surface area contributed by atoms with E-state index in [0.717, 1.165) is 11.8 Å². The lowest BCUT2D eigenvalue weighted by Crippen LogP contribution is -2.40. The monoisotopic (exact) mass is 215 g/mol. The molecule has 0 aliphatic heterocycles. The third kappa shape index (κ3) is 1.90. The third-order valence-electron chi connectivity index (χ3n) is 3.95. The van der Waals surface area contributed by atoms with Gasteiger partial charge in [0, 0.05) is 6.04 Å². The van der Waals surface area contributed by atoms with E-state index in [4.69, 9.17) is 11.6 Å². The summed E-state index contributed by atoms with van der Waals surface area (Å²) in [5.74, 6) is 2.58. The average molecular weight is 216 g/mol. The fourth-order valence-corrected chi connectivity index (χ4v) is 3.38. The van der Waals surface area contributed by atoms with Crippen molar-refractivity contribution in [2.45, 2.75) is 38.6 Å². The van der Waals surface area contributed by atoms with Gasteiger partial charge in [-0.1, -0.05) is 6.42 Å². The lowest BCUT2D eigenvalue weighted by molar-refractivity contribution is -0.119. The number of carbonyl (C=O) groups excluding carboxylic acids is 1. The predicted octanol–water partition coefficient (Wildman–Crippen LogP) is 2.17. The fraction of sp³-hybridized carbons (Fsp3) is 0.909. The molecular weight excluding hydrogens is 198 g/mol. The normalized spacial score (nSPS) is 37.1. The Balaban J connectivity index is 1.86. The zero-order valence-corrected chi connectivity index (χ0v) is 9.39. The first-order chi connectivity index (χ1) is 6.70. The van der Waals surface area contributed by atoms with Gasteiger partial charge < -0.3 is 5.32 Å². The van der Waals surface area contributed by atoms with Crippen LogP contribution < -0.4 is 5.32 Å². The summed E-state index contributed by atoms with van der Waals surface area (Å²) in [6.07, 6.45) is 5.49. The molecule has 2 bridgehead atoms. The molecule has 2 aliphatic rings.